The van der Waals surface area contributed by atoms with Gasteiger partial charge in [-0.15, -0.1) is 0 Å². The summed E-state index contributed by atoms with van der Waals surface area (Å²) in [4.78, 5) is 8.84. The molecule has 5 nitrogen and oxygen atoms in total. The fourth-order valence-electron chi connectivity index (χ4n) is 3.06. The summed E-state index contributed by atoms with van der Waals surface area (Å²) in [6.07, 6.45) is 1.37. The number of aromatic nitrogens is 2. The number of rotatable bonds is 4. The summed E-state index contributed by atoms with van der Waals surface area (Å²) in [6, 6.07) is 13.6. The molecular weight excluding hydrogens is 385 g/mol. The maximum Gasteiger partial charge on any atom is 0.268 e. The molecular formula is C19H16FN3O2S2. The van der Waals surface area contributed by atoms with Crippen LogP contribution in [0.25, 0.3) is 11.3 Å². The fourth-order valence-corrected chi connectivity index (χ4v) is 5.40. The van der Waals surface area contributed by atoms with Crippen LogP contribution in [0, 0.1) is 5.82 Å². The van der Waals surface area contributed by atoms with Crippen LogP contribution in [0.3, 0.4) is 0 Å². The Labute approximate surface area is 161 Å². The molecule has 0 saturated carbocycles. The van der Waals surface area contributed by atoms with Crippen molar-refractivity contribution >= 4 is 27.5 Å². The van der Waals surface area contributed by atoms with Crippen molar-refractivity contribution in [2.45, 2.75) is 22.7 Å². The minimum Gasteiger partial charge on any atom is -0.266 e. The summed E-state index contributed by atoms with van der Waals surface area (Å²) < 4.78 is 40.5. The Kier molecular flexibility index (Phi) is 4.61. The average molecular weight is 401 g/mol. The minimum atomic E-state index is -3.69. The van der Waals surface area contributed by atoms with Crippen molar-refractivity contribution in [1.82, 2.24) is 9.97 Å². The van der Waals surface area contributed by atoms with Crippen LogP contribution in [0.2, 0.25) is 0 Å². The summed E-state index contributed by atoms with van der Waals surface area (Å²) in [7, 11) is -3.69. The van der Waals surface area contributed by atoms with Gasteiger partial charge in [0.25, 0.3) is 10.0 Å². The van der Waals surface area contributed by atoms with E-state index in [0.29, 0.717) is 28.8 Å². The van der Waals surface area contributed by atoms with Gasteiger partial charge in [0.05, 0.1) is 17.6 Å². The van der Waals surface area contributed by atoms with Crippen LogP contribution in [0.15, 0.2) is 64.8 Å². The molecule has 0 amide bonds. The molecule has 1 aromatic heterocycles. The molecule has 3 aromatic rings. The zero-order valence-corrected chi connectivity index (χ0v) is 16.1. The van der Waals surface area contributed by atoms with E-state index in [1.54, 1.807) is 19.1 Å². The van der Waals surface area contributed by atoms with Crippen LogP contribution in [0.5, 0.6) is 0 Å². The number of fused-ring (bicyclic) bond motifs is 3. The lowest BCUT2D eigenvalue weighted by atomic mass is 10.1. The zero-order valence-electron chi connectivity index (χ0n) is 14.5. The summed E-state index contributed by atoms with van der Waals surface area (Å²) in [5, 5.41) is 0.452. The molecule has 0 aliphatic carbocycles. The molecule has 2 heterocycles. The molecule has 0 N–H and O–H groups in total. The van der Waals surface area contributed by atoms with Crippen LogP contribution >= 0.6 is 11.8 Å². The van der Waals surface area contributed by atoms with E-state index in [1.165, 1.54) is 34.4 Å². The van der Waals surface area contributed by atoms with Gasteiger partial charge in [-0.2, -0.15) is 0 Å². The first-order valence-corrected chi connectivity index (χ1v) is 10.8. The maximum atomic E-state index is 13.3. The van der Waals surface area contributed by atoms with Gasteiger partial charge < -0.3 is 0 Å². The Morgan fingerprint density at radius 2 is 1.96 bits per heavy atom. The second kappa shape index (κ2) is 6.94. The Balaban J connectivity index is 1.73. The molecule has 0 atom stereocenters. The molecule has 0 saturated heterocycles. The first-order chi connectivity index (χ1) is 13.0. The van der Waals surface area contributed by atoms with E-state index in [1.807, 2.05) is 24.3 Å². The average Bonchev–Trinajstić information content (AvgIpc) is 2.66. The first-order valence-electron chi connectivity index (χ1n) is 8.37. The summed E-state index contributed by atoms with van der Waals surface area (Å²) >= 11 is 1.34. The number of halogens is 1. The Hall–Kier alpha value is -2.45. The monoisotopic (exact) mass is 401 g/mol. The molecule has 0 spiro atoms. The van der Waals surface area contributed by atoms with Crippen LogP contribution in [0.4, 0.5) is 10.1 Å². The fraction of sp³-hybridized carbons (Fsp3) is 0.158. The molecule has 2 aromatic carbocycles. The van der Waals surface area contributed by atoms with E-state index in [0.717, 1.165) is 11.1 Å². The van der Waals surface area contributed by atoms with Gasteiger partial charge in [0.2, 0.25) is 0 Å². The highest BCUT2D eigenvalue weighted by atomic mass is 32.2. The Morgan fingerprint density at radius 3 is 2.74 bits per heavy atom. The van der Waals surface area contributed by atoms with Crippen molar-refractivity contribution in [3.05, 3.63) is 66.1 Å². The number of para-hydroxylation sites is 1. The number of thioether (sulfide) groups is 1. The second-order valence-corrected chi connectivity index (χ2v) is 8.74. The quantitative estimate of drug-likeness (QED) is 0.486. The van der Waals surface area contributed by atoms with Crippen LogP contribution in [-0.2, 0) is 15.8 Å². The van der Waals surface area contributed by atoms with E-state index in [4.69, 9.17) is 0 Å². The van der Waals surface area contributed by atoms with E-state index < -0.39 is 10.0 Å². The van der Waals surface area contributed by atoms with E-state index >= 15 is 0 Å². The van der Waals surface area contributed by atoms with Crippen LogP contribution in [0.1, 0.15) is 12.5 Å². The number of sulfonamides is 1. The van der Waals surface area contributed by atoms with Gasteiger partial charge in [0.1, 0.15) is 10.7 Å². The first kappa shape index (κ1) is 17.9. The highest BCUT2D eigenvalue weighted by molar-refractivity contribution is 7.98. The van der Waals surface area contributed by atoms with Crippen molar-refractivity contribution in [3.63, 3.8) is 0 Å². The number of hydrogen-bond acceptors (Lipinski definition) is 5. The SMILES string of the molecule is CCN1c2ccccc2-c2nc(SCc3cccc(F)c3)ncc2S1(=O)=O. The lowest BCUT2D eigenvalue weighted by Gasteiger charge is -2.30. The van der Waals surface area contributed by atoms with Gasteiger partial charge in [0, 0.05) is 17.9 Å². The zero-order chi connectivity index (χ0) is 19.0. The Bertz CT molecular complexity index is 1120. The van der Waals surface area contributed by atoms with Crippen LogP contribution < -0.4 is 4.31 Å². The molecule has 8 heteroatoms. The Morgan fingerprint density at radius 1 is 1.15 bits per heavy atom. The molecule has 4 rings (SSSR count). The third kappa shape index (κ3) is 3.19. The van der Waals surface area contributed by atoms with Crippen molar-refractivity contribution in [3.8, 4) is 11.3 Å². The van der Waals surface area contributed by atoms with Crippen molar-refractivity contribution in [1.29, 1.82) is 0 Å². The molecule has 0 fully saturated rings. The normalized spacial score (nSPS) is 14.5. The lowest BCUT2D eigenvalue weighted by Crippen LogP contribution is -2.34. The van der Waals surface area contributed by atoms with E-state index in [-0.39, 0.29) is 10.7 Å². The van der Waals surface area contributed by atoms with Gasteiger partial charge in [-0.05, 0) is 30.7 Å². The van der Waals surface area contributed by atoms with Gasteiger partial charge in [-0.3, -0.25) is 4.31 Å². The number of nitrogens with zero attached hydrogens (tertiary/aromatic N) is 3. The van der Waals surface area contributed by atoms with Gasteiger partial charge in [-0.1, -0.05) is 42.1 Å². The molecule has 138 valence electrons. The third-order valence-corrected chi connectivity index (χ3v) is 7.10. The largest absolute Gasteiger partial charge is 0.268 e. The van der Waals surface area contributed by atoms with E-state index in [9.17, 15) is 12.8 Å². The highest BCUT2D eigenvalue weighted by Crippen LogP contribution is 2.41. The third-order valence-electron chi connectivity index (χ3n) is 4.27. The van der Waals surface area contributed by atoms with Crippen molar-refractivity contribution in [2.24, 2.45) is 0 Å². The van der Waals surface area contributed by atoms with E-state index in [2.05, 4.69) is 9.97 Å². The van der Waals surface area contributed by atoms with Gasteiger partial charge in [-0.25, -0.2) is 22.8 Å². The summed E-state index contributed by atoms with van der Waals surface area (Å²) in [6.45, 7) is 2.12. The molecule has 0 radical (unpaired) electrons. The highest BCUT2D eigenvalue weighted by Gasteiger charge is 2.35. The maximum absolute atomic E-state index is 13.3. The van der Waals surface area contributed by atoms with Gasteiger partial charge >= 0.3 is 0 Å². The number of benzene rings is 2. The van der Waals surface area contributed by atoms with Crippen molar-refractivity contribution < 1.29 is 12.8 Å². The lowest BCUT2D eigenvalue weighted by molar-refractivity contribution is 0.589. The number of anilines is 1. The summed E-state index contributed by atoms with van der Waals surface area (Å²) in [5.41, 5.74) is 2.60. The molecule has 1 aliphatic rings. The van der Waals surface area contributed by atoms with Crippen LogP contribution in [-0.4, -0.2) is 24.9 Å². The van der Waals surface area contributed by atoms with Crippen molar-refractivity contribution in [2.75, 3.05) is 10.8 Å². The predicted molar refractivity (Wildman–Crippen MR) is 104 cm³/mol. The predicted octanol–water partition coefficient (Wildman–Crippen LogP) is 4.10. The molecule has 0 unspecified atom stereocenters. The molecule has 0 bridgehead atoms. The number of hydrogen-bond donors (Lipinski definition) is 0. The topological polar surface area (TPSA) is 63.2 Å². The van der Waals surface area contributed by atoms with Gasteiger partial charge in [0.15, 0.2) is 5.16 Å². The second-order valence-electron chi connectivity index (χ2n) is 5.97. The smallest absolute Gasteiger partial charge is 0.266 e. The minimum absolute atomic E-state index is 0.109. The standard InChI is InChI=1S/C19H16FN3O2S2/c1-2-23-16-9-4-3-8-15(16)18-17(27(23,24)25)11-21-19(22-18)26-12-13-6-5-7-14(20)10-13/h3-11H,2,12H2,1H3. The molecule has 1 aliphatic heterocycles. The summed E-state index contributed by atoms with van der Waals surface area (Å²) in [5.74, 6) is 0.200. The molecule has 27 heavy (non-hydrogen) atoms.